The Bertz CT molecular complexity index is 934. The summed E-state index contributed by atoms with van der Waals surface area (Å²) in [6.45, 7) is 3.78. The number of hydrogen-bond donors (Lipinski definition) is 0. The first-order chi connectivity index (χ1) is 12.0. The lowest BCUT2D eigenvalue weighted by Gasteiger charge is -2.24. The first-order valence-corrected chi connectivity index (χ1v) is 8.96. The minimum atomic E-state index is -0.667. The van der Waals surface area contributed by atoms with Crippen LogP contribution in [0.25, 0.3) is 0 Å². The largest absolute Gasteiger partial charge is 0.294 e. The molecule has 0 aromatic heterocycles. The Morgan fingerprint density at radius 1 is 0.880 bits per heavy atom. The van der Waals surface area contributed by atoms with E-state index < -0.39 is 10.8 Å². The molecule has 1 fully saturated rings. The van der Waals surface area contributed by atoms with Crippen LogP contribution in [0.2, 0.25) is 0 Å². The van der Waals surface area contributed by atoms with E-state index in [1.165, 1.54) is 22.3 Å². The summed E-state index contributed by atoms with van der Waals surface area (Å²) in [6, 6.07) is 16.8. The van der Waals surface area contributed by atoms with Gasteiger partial charge in [0.2, 0.25) is 0 Å². The number of carbonyl (C=O) groups is 2. The van der Waals surface area contributed by atoms with E-state index in [0.717, 1.165) is 12.8 Å². The van der Waals surface area contributed by atoms with Gasteiger partial charge in [0.1, 0.15) is 0 Å². The summed E-state index contributed by atoms with van der Waals surface area (Å²) < 4.78 is 0. The average Bonchev–Trinajstić information content (AvgIpc) is 3.25. The van der Waals surface area contributed by atoms with Crippen LogP contribution in [0.3, 0.4) is 0 Å². The number of benzene rings is 2. The third kappa shape index (κ3) is 1.52. The maximum Gasteiger partial charge on any atom is 0.164 e. The molecule has 0 N–H and O–H groups in total. The third-order valence-corrected chi connectivity index (χ3v) is 6.80. The molecular weight excluding hydrogens is 308 g/mol. The normalized spacial score (nSPS) is 28.6. The van der Waals surface area contributed by atoms with Gasteiger partial charge in [-0.05, 0) is 53.7 Å². The van der Waals surface area contributed by atoms with Crippen LogP contribution in [0.15, 0.2) is 60.2 Å². The molecule has 2 heteroatoms. The van der Waals surface area contributed by atoms with Crippen molar-refractivity contribution in [2.45, 2.75) is 32.1 Å². The van der Waals surface area contributed by atoms with Gasteiger partial charge in [0.25, 0.3) is 0 Å². The molecule has 0 aliphatic heterocycles. The molecule has 0 heterocycles. The van der Waals surface area contributed by atoms with Crippen molar-refractivity contribution in [2.75, 3.05) is 0 Å². The SMILES string of the molecule is CC1=CC(=O)C2(C)C(C1=O)C21c2ccccc2CCc2ccccc21. The van der Waals surface area contributed by atoms with E-state index in [0.29, 0.717) is 5.57 Å². The Morgan fingerprint density at radius 2 is 1.40 bits per heavy atom. The van der Waals surface area contributed by atoms with E-state index in [4.69, 9.17) is 0 Å². The second kappa shape index (κ2) is 4.57. The minimum Gasteiger partial charge on any atom is -0.294 e. The Hall–Kier alpha value is -2.48. The number of Topliss-reactive ketones (excluding diaryl/α,β-unsaturated/α-hetero) is 1. The van der Waals surface area contributed by atoms with Gasteiger partial charge >= 0.3 is 0 Å². The van der Waals surface area contributed by atoms with Crippen molar-refractivity contribution in [3.63, 3.8) is 0 Å². The predicted octanol–water partition coefficient (Wildman–Crippen LogP) is 3.81. The third-order valence-electron chi connectivity index (χ3n) is 6.80. The van der Waals surface area contributed by atoms with Crippen molar-refractivity contribution in [1.29, 1.82) is 0 Å². The van der Waals surface area contributed by atoms with Crippen molar-refractivity contribution in [2.24, 2.45) is 11.3 Å². The fraction of sp³-hybridized carbons (Fsp3) is 0.304. The molecule has 0 bridgehead atoms. The zero-order valence-electron chi connectivity index (χ0n) is 14.5. The van der Waals surface area contributed by atoms with Crippen molar-refractivity contribution >= 4 is 11.6 Å². The maximum atomic E-state index is 13.1. The number of rotatable bonds is 0. The quantitative estimate of drug-likeness (QED) is 0.737. The zero-order valence-corrected chi connectivity index (χ0v) is 14.5. The van der Waals surface area contributed by atoms with Crippen LogP contribution in [-0.4, -0.2) is 11.6 Å². The van der Waals surface area contributed by atoms with Crippen LogP contribution >= 0.6 is 0 Å². The topological polar surface area (TPSA) is 34.1 Å². The molecule has 0 radical (unpaired) electrons. The van der Waals surface area contributed by atoms with Gasteiger partial charge < -0.3 is 0 Å². The number of carbonyl (C=O) groups excluding carboxylic acids is 2. The molecule has 5 rings (SSSR count). The molecule has 2 atom stereocenters. The Labute approximate surface area is 147 Å². The number of ketones is 2. The lowest BCUT2D eigenvalue weighted by molar-refractivity contribution is -0.125. The summed E-state index contributed by atoms with van der Waals surface area (Å²) in [4.78, 5) is 26.2. The maximum absolute atomic E-state index is 13.1. The van der Waals surface area contributed by atoms with Crippen molar-refractivity contribution in [1.82, 2.24) is 0 Å². The summed E-state index contributed by atoms with van der Waals surface area (Å²) in [5, 5.41) is 0. The van der Waals surface area contributed by atoms with Gasteiger partial charge in [-0.3, -0.25) is 9.59 Å². The lowest BCUT2D eigenvalue weighted by Crippen LogP contribution is -2.26. The molecule has 25 heavy (non-hydrogen) atoms. The van der Waals surface area contributed by atoms with E-state index >= 15 is 0 Å². The van der Waals surface area contributed by atoms with Gasteiger partial charge in [0.15, 0.2) is 11.6 Å². The average molecular weight is 328 g/mol. The predicted molar refractivity (Wildman–Crippen MR) is 96.4 cm³/mol. The molecule has 0 saturated heterocycles. The molecule has 1 saturated carbocycles. The molecule has 2 aromatic rings. The molecule has 2 nitrogen and oxygen atoms in total. The fourth-order valence-electron chi connectivity index (χ4n) is 5.59. The van der Waals surface area contributed by atoms with Crippen LogP contribution in [0.4, 0.5) is 0 Å². The highest BCUT2D eigenvalue weighted by Crippen LogP contribution is 2.76. The molecule has 0 amide bonds. The lowest BCUT2D eigenvalue weighted by atomic mass is 9.77. The number of aryl methyl sites for hydroxylation is 2. The Morgan fingerprint density at radius 3 is 1.96 bits per heavy atom. The Kier molecular flexibility index (Phi) is 2.71. The van der Waals surface area contributed by atoms with Gasteiger partial charge in [-0.15, -0.1) is 0 Å². The highest BCUT2D eigenvalue weighted by molar-refractivity contribution is 6.19. The summed E-state index contributed by atoms with van der Waals surface area (Å²) in [5.74, 6) is -0.0485. The smallest absolute Gasteiger partial charge is 0.164 e. The summed E-state index contributed by atoms with van der Waals surface area (Å²) in [6.07, 6.45) is 3.47. The monoisotopic (exact) mass is 328 g/mol. The van der Waals surface area contributed by atoms with Crippen LogP contribution in [-0.2, 0) is 27.8 Å². The first kappa shape index (κ1) is 14.8. The van der Waals surface area contributed by atoms with Crippen molar-refractivity contribution in [3.05, 3.63) is 82.4 Å². The molecule has 3 aliphatic rings. The molecule has 124 valence electrons. The van der Waals surface area contributed by atoms with E-state index in [-0.39, 0.29) is 17.5 Å². The van der Waals surface area contributed by atoms with Gasteiger partial charge in [-0.25, -0.2) is 0 Å². The van der Waals surface area contributed by atoms with Gasteiger partial charge in [0.05, 0.1) is 11.3 Å². The van der Waals surface area contributed by atoms with Gasteiger partial charge in [-0.1, -0.05) is 55.5 Å². The minimum absolute atomic E-state index is 0.0982. The van der Waals surface area contributed by atoms with Crippen LogP contribution < -0.4 is 0 Å². The van der Waals surface area contributed by atoms with Crippen LogP contribution in [0.5, 0.6) is 0 Å². The highest BCUT2D eigenvalue weighted by Gasteiger charge is 2.82. The molecule has 1 spiro atoms. The molecule has 2 unspecified atom stereocenters. The van der Waals surface area contributed by atoms with Crippen molar-refractivity contribution < 1.29 is 9.59 Å². The van der Waals surface area contributed by atoms with Gasteiger partial charge in [0, 0.05) is 5.41 Å². The number of fused-ring (bicyclic) bond motifs is 7. The second-order valence-electron chi connectivity index (χ2n) is 7.81. The van der Waals surface area contributed by atoms with Crippen LogP contribution in [0, 0.1) is 11.3 Å². The Balaban J connectivity index is 1.89. The van der Waals surface area contributed by atoms with E-state index in [1.807, 2.05) is 19.1 Å². The van der Waals surface area contributed by atoms with Gasteiger partial charge in [-0.2, -0.15) is 0 Å². The summed E-state index contributed by atoms with van der Waals surface area (Å²) in [5.41, 5.74) is 4.32. The van der Waals surface area contributed by atoms with Crippen LogP contribution in [0.1, 0.15) is 36.1 Å². The fourth-order valence-corrected chi connectivity index (χ4v) is 5.59. The van der Waals surface area contributed by atoms with E-state index in [2.05, 4.69) is 36.4 Å². The standard InChI is InChI=1S/C23H20O2/c1-14-13-19(24)22(2)21(20(14)25)23(22)17-9-5-3-7-15(17)11-12-16-8-4-6-10-18(16)23/h3-10,13,21H,11-12H2,1-2H3. The summed E-state index contributed by atoms with van der Waals surface area (Å²) in [7, 11) is 0. The number of hydrogen-bond acceptors (Lipinski definition) is 2. The molecular formula is C23H20O2. The summed E-state index contributed by atoms with van der Waals surface area (Å²) >= 11 is 0. The van der Waals surface area contributed by atoms with Crippen molar-refractivity contribution in [3.8, 4) is 0 Å². The zero-order chi connectivity index (χ0) is 17.4. The molecule has 3 aliphatic carbocycles. The van der Waals surface area contributed by atoms with E-state index in [1.54, 1.807) is 13.0 Å². The second-order valence-corrected chi connectivity index (χ2v) is 7.81. The molecule has 2 aromatic carbocycles. The van der Waals surface area contributed by atoms with E-state index in [9.17, 15) is 9.59 Å². The first-order valence-electron chi connectivity index (χ1n) is 8.96. The number of allylic oxidation sites excluding steroid dienone is 2. The highest BCUT2D eigenvalue weighted by atomic mass is 16.1.